The third kappa shape index (κ3) is 5.66. The fourth-order valence-corrected chi connectivity index (χ4v) is 6.57. The van der Waals surface area contributed by atoms with Crippen molar-refractivity contribution in [1.29, 1.82) is 0 Å². The molecule has 1 aromatic carbocycles. The molecule has 0 spiro atoms. The van der Waals surface area contributed by atoms with Crippen LogP contribution in [-0.2, 0) is 14.8 Å². The minimum absolute atomic E-state index is 0.114. The molecule has 0 amide bonds. The number of rotatable bonds is 7. The summed E-state index contributed by atoms with van der Waals surface area (Å²) in [6.45, 7) is 4.72. The van der Waals surface area contributed by atoms with E-state index in [1.807, 2.05) is 32.0 Å². The van der Waals surface area contributed by atoms with Crippen molar-refractivity contribution in [2.24, 2.45) is 5.92 Å². The van der Waals surface area contributed by atoms with E-state index in [-0.39, 0.29) is 21.5 Å². The second kappa shape index (κ2) is 10.9. The van der Waals surface area contributed by atoms with Gasteiger partial charge in [-0.05, 0) is 62.3 Å². The van der Waals surface area contributed by atoms with Gasteiger partial charge in [0.25, 0.3) is 5.56 Å². The van der Waals surface area contributed by atoms with Crippen LogP contribution in [0.25, 0.3) is 0 Å². The van der Waals surface area contributed by atoms with Crippen molar-refractivity contribution >= 4 is 33.0 Å². The first kappa shape index (κ1) is 25.9. The number of nitrogens with zero attached hydrogens (tertiary/aromatic N) is 4. The van der Waals surface area contributed by atoms with Gasteiger partial charge in [-0.2, -0.15) is 9.40 Å². The van der Waals surface area contributed by atoms with E-state index in [9.17, 15) is 13.2 Å². The zero-order valence-electron chi connectivity index (χ0n) is 20.5. The van der Waals surface area contributed by atoms with Gasteiger partial charge in [-0.3, -0.25) is 4.79 Å². The van der Waals surface area contributed by atoms with Crippen LogP contribution in [0.1, 0.15) is 37.3 Å². The van der Waals surface area contributed by atoms with Crippen LogP contribution in [0.3, 0.4) is 0 Å². The number of benzene rings is 1. The van der Waals surface area contributed by atoms with Gasteiger partial charge in [0.2, 0.25) is 10.0 Å². The zero-order valence-corrected chi connectivity index (χ0v) is 22.1. The van der Waals surface area contributed by atoms with E-state index in [0.29, 0.717) is 50.7 Å². The average molecular weight is 524 g/mol. The largest absolute Gasteiger partial charge is 0.382 e. The number of piperidine rings is 1. The summed E-state index contributed by atoms with van der Waals surface area (Å²) in [4.78, 5) is 15.2. The van der Waals surface area contributed by atoms with Crippen molar-refractivity contribution in [2.75, 3.05) is 57.2 Å². The molecule has 2 aliphatic heterocycles. The van der Waals surface area contributed by atoms with E-state index >= 15 is 0 Å². The molecule has 192 valence electrons. The lowest BCUT2D eigenvalue weighted by atomic mass is 10.0. The number of anilines is 2. The first-order chi connectivity index (χ1) is 16.7. The van der Waals surface area contributed by atoms with Gasteiger partial charge in [-0.15, -0.1) is 0 Å². The van der Waals surface area contributed by atoms with Gasteiger partial charge in [0.05, 0.1) is 29.4 Å². The van der Waals surface area contributed by atoms with Crippen molar-refractivity contribution in [3.63, 3.8) is 0 Å². The smallest absolute Gasteiger partial charge is 0.287 e. The van der Waals surface area contributed by atoms with Gasteiger partial charge in [-0.25, -0.2) is 13.1 Å². The summed E-state index contributed by atoms with van der Waals surface area (Å²) in [5.74, 6) is 0.386. The molecule has 1 unspecified atom stereocenters. The number of hydrogen-bond donors (Lipinski definition) is 1. The SMILES string of the molecule is Cc1cc(S(=O)(=O)N2CCC(n3ncc(NCC4CCCOC4)c(Cl)c3=O)CC2)ccc1N(C)C. The van der Waals surface area contributed by atoms with E-state index in [0.717, 1.165) is 30.7 Å². The molecule has 4 rings (SSSR count). The predicted molar refractivity (Wildman–Crippen MR) is 138 cm³/mol. The van der Waals surface area contributed by atoms with E-state index in [4.69, 9.17) is 16.3 Å². The van der Waals surface area contributed by atoms with E-state index in [2.05, 4.69) is 10.4 Å². The minimum Gasteiger partial charge on any atom is -0.382 e. The van der Waals surface area contributed by atoms with Crippen LogP contribution in [0.2, 0.25) is 5.02 Å². The molecule has 0 aliphatic carbocycles. The molecule has 35 heavy (non-hydrogen) atoms. The lowest BCUT2D eigenvalue weighted by molar-refractivity contribution is 0.0595. The van der Waals surface area contributed by atoms with Gasteiger partial charge < -0.3 is 15.0 Å². The molecule has 2 aliphatic rings. The molecule has 0 bridgehead atoms. The maximum Gasteiger partial charge on any atom is 0.287 e. The average Bonchev–Trinajstić information content (AvgIpc) is 2.85. The molecule has 11 heteroatoms. The second-order valence-electron chi connectivity index (χ2n) is 9.56. The first-order valence-corrected chi connectivity index (χ1v) is 13.9. The van der Waals surface area contributed by atoms with Crippen LogP contribution in [0.4, 0.5) is 11.4 Å². The fourth-order valence-electron chi connectivity index (χ4n) is 4.82. The summed E-state index contributed by atoms with van der Waals surface area (Å²) >= 11 is 6.39. The number of sulfonamides is 1. The van der Waals surface area contributed by atoms with Crippen molar-refractivity contribution in [3.8, 4) is 0 Å². The monoisotopic (exact) mass is 523 g/mol. The summed E-state index contributed by atoms with van der Waals surface area (Å²) in [7, 11) is 0.242. The standard InChI is InChI=1S/C24H34ClN5O4S/c1-17-13-20(6-7-22(17)28(2)3)35(32,33)29-10-8-19(9-11-29)30-24(31)23(25)21(15-27-30)26-14-18-5-4-12-34-16-18/h6-7,13,15,18-19,26H,4-5,8-12,14,16H2,1-3H3. The van der Waals surface area contributed by atoms with Crippen LogP contribution < -0.4 is 15.8 Å². The third-order valence-corrected chi connectivity index (χ3v) is 9.10. The molecule has 2 saturated heterocycles. The molecular formula is C24H34ClN5O4S. The van der Waals surface area contributed by atoms with Crippen molar-refractivity contribution in [1.82, 2.24) is 14.1 Å². The van der Waals surface area contributed by atoms with Crippen LogP contribution in [-0.4, -0.2) is 69.4 Å². The number of ether oxygens (including phenoxy) is 1. The Kier molecular flexibility index (Phi) is 8.05. The Balaban J connectivity index is 1.41. The predicted octanol–water partition coefficient (Wildman–Crippen LogP) is 3.14. The highest BCUT2D eigenvalue weighted by Gasteiger charge is 2.31. The Bertz CT molecular complexity index is 1200. The van der Waals surface area contributed by atoms with Gasteiger partial charge in [0, 0.05) is 46.0 Å². The Labute approximate surface area is 212 Å². The number of aromatic nitrogens is 2. The molecule has 2 aromatic rings. The molecule has 0 radical (unpaired) electrons. The normalized spacial score (nSPS) is 20.1. The topological polar surface area (TPSA) is 96.8 Å². The molecule has 9 nitrogen and oxygen atoms in total. The highest BCUT2D eigenvalue weighted by atomic mass is 35.5. The molecule has 1 N–H and O–H groups in total. The van der Waals surface area contributed by atoms with Crippen LogP contribution in [0, 0.1) is 12.8 Å². The van der Waals surface area contributed by atoms with Crippen molar-refractivity contribution in [2.45, 2.75) is 43.5 Å². The van der Waals surface area contributed by atoms with Crippen molar-refractivity contribution < 1.29 is 13.2 Å². The van der Waals surface area contributed by atoms with E-state index in [1.165, 1.54) is 8.99 Å². The quantitative estimate of drug-likeness (QED) is 0.595. The lowest BCUT2D eigenvalue weighted by Crippen LogP contribution is -2.41. The maximum atomic E-state index is 13.2. The van der Waals surface area contributed by atoms with Gasteiger partial charge in [0.1, 0.15) is 5.02 Å². The summed E-state index contributed by atoms with van der Waals surface area (Å²) in [5, 5.41) is 7.71. The Morgan fingerprint density at radius 1 is 1.23 bits per heavy atom. The van der Waals surface area contributed by atoms with Crippen molar-refractivity contribution in [3.05, 3.63) is 45.3 Å². The molecule has 1 aromatic heterocycles. The van der Waals surface area contributed by atoms with Crippen LogP contribution in [0.5, 0.6) is 0 Å². The van der Waals surface area contributed by atoms with Crippen LogP contribution in [0.15, 0.2) is 34.1 Å². The summed E-state index contributed by atoms with van der Waals surface area (Å²) in [6, 6.07) is 5.00. The summed E-state index contributed by atoms with van der Waals surface area (Å²) in [5.41, 5.74) is 2.05. The highest BCUT2D eigenvalue weighted by molar-refractivity contribution is 7.89. The highest BCUT2D eigenvalue weighted by Crippen LogP contribution is 2.29. The molecular weight excluding hydrogens is 490 g/mol. The number of aryl methyl sites for hydroxylation is 1. The summed E-state index contributed by atoms with van der Waals surface area (Å²) < 4.78 is 34.8. The van der Waals surface area contributed by atoms with Gasteiger partial charge >= 0.3 is 0 Å². The maximum absolute atomic E-state index is 13.2. The third-order valence-electron chi connectivity index (χ3n) is 6.84. The van der Waals surface area contributed by atoms with E-state index < -0.39 is 10.0 Å². The lowest BCUT2D eigenvalue weighted by Gasteiger charge is -2.32. The number of halogens is 1. The Hall–Kier alpha value is -2.14. The van der Waals surface area contributed by atoms with Crippen LogP contribution >= 0.6 is 11.6 Å². The molecule has 3 heterocycles. The number of hydrogen-bond acceptors (Lipinski definition) is 7. The number of nitrogens with one attached hydrogen (secondary N) is 1. The molecule has 2 fully saturated rings. The van der Waals surface area contributed by atoms with E-state index in [1.54, 1.807) is 18.3 Å². The van der Waals surface area contributed by atoms with Gasteiger partial charge in [0.15, 0.2) is 0 Å². The minimum atomic E-state index is -3.62. The van der Waals surface area contributed by atoms with Gasteiger partial charge in [-0.1, -0.05) is 11.6 Å². The zero-order chi connectivity index (χ0) is 25.2. The Morgan fingerprint density at radius 3 is 2.60 bits per heavy atom. The fraction of sp³-hybridized carbons (Fsp3) is 0.583. The molecule has 1 atom stereocenters. The Morgan fingerprint density at radius 2 is 1.97 bits per heavy atom. The summed E-state index contributed by atoms with van der Waals surface area (Å²) in [6.07, 6.45) is 4.68. The first-order valence-electron chi connectivity index (χ1n) is 12.1. The molecule has 0 saturated carbocycles. The second-order valence-corrected chi connectivity index (χ2v) is 11.9.